The third kappa shape index (κ3) is 4.23. The van der Waals surface area contributed by atoms with Gasteiger partial charge >= 0.3 is 6.18 Å². The van der Waals surface area contributed by atoms with E-state index in [4.69, 9.17) is 5.10 Å². The lowest BCUT2D eigenvalue weighted by atomic mass is 9.98. The van der Waals surface area contributed by atoms with Crippen molar-refractivity contribution in [1.82, 2.24) is 19.7 Å². The van der Waals surface area contributed by atoms with Gasteiger partial charge in [0.05, 0.1) is 22.6 Å². The van der Waals surface area contributed by atoms with Gasteiger partial charge in [-0.25, -0.2) is 4.68 Å². The largest absolute Gasteiger partial charge is 0.416 e. The monoisotopic (exact) mass is 500 g/mol. The van der Waals surface area contributed by atoms with Crippen LogP contribution in [0.25, 0.3) is 27.8 Å². The highest BCUT2D eigenvalue weighted by atomic mass is 19.4. The number of hydrogen-bond acceptors (Lipinski definition) is 2. The number of alkyl halides is 3. The number of H-pyrrole nitrogens is 1. The molecule has 0 fully saturated rings. The molecule has 0 atom stereocenters. The predicted molar refractivity (Wildman–Crippen MR) is 140 cm³/mol. The van der Waals surface area contributed by atoms with Gasteiger partial charge in [0.1, 0.15) is 0 Å². The van der Waals surface area contributed by atoms with Crippen molar-refractivity contribution in [3.05, 3.63) is 106 Å². The third-order valence-electron chi connectivity index (χ3n) is 7.31. The molecular formula is C30H27F3N4. The Bertz CT molecular complexity index is 1590. The Morgan fingerprint density at radius 2 is 1.73 bits per heavy atom. The number of nitrogens with one attached hydrogen (secondary N) is 1. The number of rotatable bonds is 4. The minimum atomic E-state index is -4.37. The van der Waals surface area contributed by atoms with Gasteiger partial charge in [-0.15, -0.1) is 0 Å². The van der Waals surface area contributed by atoms with Crippen molar-refractivity contribution < 1.29 is 13.2 Å². The lowest BCUT2D eigenvalue weighted by Gasteiger charge is -2.28. The van der Waals surface area contributed by atoms with Crippen molar-refractivity contribution in [3.8, 4) is 16.9 Å². The van der Waals surface area contributed by atoms with E-state index in [1.807, 2.05) is 18.3 Å². The van der Waals surface area contributed by atoms with Crippen molar-refractivity contribution >= 4 is 10.9 Å². The molecule has 0 radical (unpaired) electrons. The summed E-state index contributed by atoms with van der Waals surface area (Å²) in [7, 11) is 0. The predicted octanol–water partition coefficient (Wildman–Crippen LogP) is 7.21. The van der Waals surface area contributed by atoms with Crippen molar-refractivity contribution in [2.75, 3.05) is 6.54 Å². The van der Waals surface area contributed by atoms with E-state index in [1.54, 1.807) is 12.1 Å². The van der Waals surface area contributed by atoms with E-state index in [1.165, 1.54) is 12.1 Å². The molecule has 0 bridgehead atoms. The average molecular weight is 501 g/mol. The number of benzene rings is 3. The van der Waals surface area contributed by atoms with Crippen LogP contribution in [-0.4, -0.2) is 26.2 Å². The molecule has 7 heteroatoms. The SMILES string of the molecule is Cc1cccc(C)c1-n1nc2c(c1-c1ccc3[nH]ccc3c1)CN(Cc1ccccc1C(F)(F)F)CC2. The first-order chi connectivity index (χ1) is 17.8. The van der Waals surface area contributed by atoms with Gasteiger partial charge in [0.2, 0.25) is 0 Å². The Balaban J connectivity index is 1.46. The minimum Gasteiger partial charge on any atom is -0.361 e. The Labute approximate surface area is 213 Å². The number of nitrogens with zero attached hydrogens (tertiary/aromatic N) is 3. The first-order valence-corrected chi connectivity index (χ1v) is 12.4. The van der Waals surface area contributed by atoms with Crippen LogP contribution in [0.2, 0.25) is 0 Å². The molecule has 0 amide bonds. The van der Waals surface area contributed by atoms with Crippen LogP contribution in [0.1, 0.15) is 33.5 Å². The number of aryl methyl sites for hydroxylation is 2. The van der Waals surface area contributed by atoms with E-state index in [-0.39, 0.29) is 6.54 Å². The fourth-order valence-electron chi connectivity index (χ4n) is 5.54. The van der Waals surface area contributed by atoms with E-state index in [0.717, 1.165) is 50.2 Å². The standard InChI is InChI=1S/C30H27F3N4/c1-19-6-5-7-20(2)28(19)37-29(22-10-11-26-21(16-22)12-14-34-26)24-18-36(15-13-27(24)35-37)17-23-8-3-4-9-25(23)30(31,32)33/h3-12,14,16,34H,13,15,17-18H2,1-2H3. The number of hydrogen-bond donors (Lipinski definition) is 1. The van der Waals surface area contributed by atoms with Crippen molar-refractivity contribution in [3.63, 3.8) is 0 Å². The number of para-hydroxylation sites is 1. The number of aromatic nitrogens is 3. The summed E-state index contributed by atoms with van der Waals surface area (Å²) < 4.78 is 43.0. The highest BCUT2D eigenvalue weighted by molar-refractivity contribution is 5.85. The summed E-state index contributed by atoms with van der Waals surface area (Å²) in [6.45, 7) is 5.59. The van der Waals surface area contributed by atoms with Crippen LogP contribution >= 0.6 is 0 Å². The van der Waals surface area contributed by atoms with E-state index in [2.05, 4.69) is 58.7 Å². The molecular weight excluding hydrogens is 473 g/mol. The normalized spacial score (nSPS) is 14.3. The van der Waals surface area contributed by atoms with Gasteiger partial charge in [-0.05, 0) is 54.8 Å². The Morgan fingerprint density at radius 3 is 2.51 bits per heavy atom. The molecule has 0 saturated heterocycles. The third-order valence-corrected chi connectivity index (χ3v) is 7.31. The average Bonchev–Trinajstić information content (AvgIpc) is 3.47. The van der Waals surface area contributed by atoms with Crippen molar-refractivity contribution in [1.29, 1.82) is 0 Å². The van der Waals surface area contributed by atoms with Crippen molar-refractivity contribution in [2.24, 2.45) is 0 Å². The molecule has 4 nitrogen and oxygen atoms in total. The van der Waals surface area contributed by atoms with Crippen LogP contribution in [-0.2, 0) is 25.7 Å². The van der Waals surface area contributed by atoms with Crippen LogP contribution in [0.15, 0.2) is 72.9 Å². The second-order valence-corrected chi connectivity index (χ2v) is 9.82. The van der Waals surface area contributed by atoms with Gasteiger partial charge in [-0.1, -0.05) is 42.5 Å². The molecule has 1 N–H and O–H groups in total. The van der Waals surface area contributed by atoms with E-state index in [0.29, 0.717) is 25.1 Å². The molecule has 0 saturated carbocycles. The molecule has 1 aliphatic rings. The zero-order chi connectivity index (χ0) is 25.7. The molecule has 1 aliphatic heterocycles. The highest BCUT2D eigenvalue weighted by Crippen LogP contribution is 2.37. The van der Waals surface area contributed by atoms with Crippen LogP contribution in [0, 0.1) is 13.8 Å². The number of fused-ring (bicyclic) bond motifs is 2. The quantitative estimate of drug-likeness (QED) is 0.283. The summed E-state index contributed by atoms with van der Waals surface area (Å²) in [5, 5.41) is 6.19. The Kier molecular flexibility index (Phi) is 5.68. The van der Waals surface area contributed by atoms with Gasteiger partial charge in [0.15, 0.2) is 0 Å². The van der Waals surface area contributed by atoms with Crippen LogP contribution in [0.3, 0.4) is 0 Å². The zero-order valence-electron chi connectivity index (χ0n) is 20.7. The second-order valence-electron chi connectivity index (χ2n) is 9.82. The molecule has 3 heterocycles. The van der Waals surface area contributed by atoms with Gasteiger partial charge in [-0.2, -0.15) is 18.3 Å². The maximum atomic E-state index is 13.7. The molecule has 2 aromatic heterocycles. The zero-order valence-corrected chi connectivity index (χ0v) is 20.7. The molecule has 0 unspecified atom stereocenters. The lowest BCUT2D eigenvalue weighted by molar-refractivity contribution is -0.138. The summed E-state index contributed by atoms with van der Waals surface area (Å²) in [6, 6.07) is 20.5. The van der Waals surface area contributed by atoms with Gasteiger partial charge in [0, 0.05) is 54.3 Å². The van der Waals surface area contributed by atoms with E-state index in [9.17, 15) is 13.2 Å². The van der Waals surface area contributed by atoms with Crippen LogP contribution < -0.4 is 0 Å². The highest BCUT2D eigenvalue weighted by Gasteiger charge is 2.34. The Morgan fingerprint density at radius 1 is 0.946 bits per heavy atom. The molecule has 0 spiro atoms. The summed E-state index contributed by atoms with van der Waals surface area (Å²) in [6.07, 6.45) is -1.77. The minimum absolute atomic E-state index is 0.236. The maximum absolute atomic E-state index is 13.7. The first-order valence-electron chi connectivity index (χ1n) is 12.4. The Hall–Kier alpha value is -3.84. The fraction of sp³-hybridized carbons (Fsp3) is 0.233. The number of halogens is 3. The molecule has 3 aromatic carbocycles. The summed E-state index contributed by atoms with van der Waals surface area (Å²) in [5.41, 5.74) is 8.22. The second kappa shape index (κ2) is 8.92. The van der Waals surface area contributed by atoms with Gasteiger partial charge in [-0.3, -0.25) is 4.90 Å². The molecule has 6 rings (SSSR count). The molecule has 5 aromatic rings. The lowest BCUT2D eigenvalue weighted by Crippen LogP contribution is -2.30. The van der Waals surface area contributed by atoms with Crippen LogP contribution in [0.5, 0.6) is 0 Å². The molecule has 37 heavy (non-hydrogen) atoms. The molecule has 0 aliphatic carbocycles. The maximum Gasteiger partial charge on any atom is 0.416 e. The fourth-order valence-corrected chi connectivity index (χ4v) is 5.54. The molecule has 188 valence electrons. The van der Waals surface area contributed by atoms with Gasteiger partial charge in [0.25, 0.3) is 0 Å². The first kappa shape index (κ1) is 23.6. The summed E-state index contributed by atoms with van der Waals surface area (Å²) >= 11 is 0. The van der Waals surface area contributed by atoms with Gasteiger partial charge < -0.3 is 4.98 Å². The number of aromatic amines is 1. The van der Waals surface area contributed by atoms with Crippen LogP contribution in [0.4, 0.5) is 13.2 Å². The smallest absolute Gasteiger partial charge is 0.361 e. The van der Waals surface area contributed by atoms with E-state index < -0.39 is 11.7 Å². The summed E-state index contributed by atoms with van der Waals surface area (Å²) in [4.78, 5) is 5.35. The van der Waals surface area contributed by atoms with E-state index >= 15 is 0 Å². The topological polar surface area (TPSA) is 36.9 Å². The van der Waals surface area contributed by atoms with Crippen molar-refractivity contribution in [2.45, 2.75) is 39.5 Å². The summed E-state index contributed by atoms with van der Waals surface area (Å²) in [5.74, 6) is 0.